The quantitative estimate of drug-likeness (QED) is 0.871. The molecule has 1 atom stereocenters. The van der Waals surface area contributed by atoms with Gasteiger partial charge in [0.25, 0.3) is 0 Å². The summed E-state index contributed by atoms with van der Waals surface area (Å²) in [5, 5.41) is 9.17. The first-order chi connectivity index (χ1) is 9.08. The molecule has 0 heterocycles. The predicted octanol–water partition coefficient (Wildman–Crippen LogP) is 2.03. The zero-order valence-electron chi connectivity index (χ0n) is 12.2. The van der Waals surface area contributed by atoms with Crippen LogP contribution in [0.5, 0.6) is 0 Å². The van der Waals surface area contributed by atoms with E-state index in [1.807, 2.05) is 6.92 Å². The van der Waals surface area contributed by atoms with Gasteiger partial charge in [0.1, 0.15) is 6.04 Å². The highest BCUT2D eigenvalue weighted by Crippen LogP contribution is 2.22. The third kappa shape index (κ3) is 4.05. The molecule has 0 aliphatic rings. The standard InChI is InChI=1S/C14H21NO4S/c1-5-10-6-8-11(9-7-10)20(18,19)15-12(13(16)17)14(2,3)4/h6-9,12,15H,5H2,1-4H3,(H,16,17). The molecule has 20 heavy (non-hydrogen) atoms. The van der Waals surface area contributed by atoms with Crippen LogP contribution in [0, 0.1) is 5.41 Å². The van der Waals surface area contributed by atoms with E-state index in [1.165, 1.54) is 12.1 Å². The molecule has 0 fully saturated rings. The fourth-order valence-corrected chi connectivity index (χ4v) is 3.12. The number of carbonyl (C=O) groups is 1. The van der Waals surface area contributed by atoms with E-state index in [2.05, 4.69) is 4.72 Å². The highest BCUT2D eigenvalue weighted by atomic mass is 32.2. The van der Waals surface area contributed by atoms with Crippen molar-refractivity contribution in [3.63, 3.8) is 0 Å². The molecule has 1 aromatic carbocycles. The average Bonchev–Trinajstić information content (AvgIpc) is 2.34. The number of hydrogen-bond donors (Lipinski definition) is 2. The molecule has 2 N–H and O–H groups in total. The van der Waals surface area contributed by atoms with Crippen LogP contribution in [0.25, 0.3) is 0 Å². The Balaban J connectivity index is 3.06. The third-order valence-corrected chi connectivity index (χ3v) is 4.47. The molecular formula is C14H21NO4S. The molecule has 0 spiro atoms. The van der Waals surface area contributed by atoms with Gasteiger partial charge in [-0.1, -0.05) is 39.8 Å². The Labute approximate surface area is 120 Å². The first-order valence-electron chi connectivity index (χ1n) is 6.42. The van der Waals surface area contributed by atoms with Gasteiger partial charge in [-0.05, 0) is 29.5 Å². The molecule has 5 nitrogen and oxygen atoms in total. The van der Waals surface area contributed by atoms with E-state index in [9.17, 15) is 18.3 Å². The molecule has 0 amide bonds. The molecular weight excluding hydrogens is 278 g/mol. The maximum absolute atomic E-state index is 12.2. The lowest BCUT2D eigenvalue weighted by Crippen LogP contribution is -2.48. The second kappa shape index (κ2) is 5.93. The van der Waals surface area contributed by atoms with E-state index in [0.29, 0.717) is 0 Å². The molecule has 0 bridgehead atoms. The van der Waals surface area contributed by atoms with Crippen molar-refractivity contribution >= 4 is 16.0 Å². The van der Waals surface area contributed by atoms with Crippen molar-refractivity contribution in [2.45, 2.75) is 45.1 Å². The zero-order valence-corrected chi connectivity index (χ0v) is 13.0. The van der Waals surface area contributed by atoms with Gasteiger partial charge in [-0.3, -0.25) is 4.79 Å². The van der Waals surface area contributed by atoms with E-state index in [-0.39, 0.29) is 4.90 Å². The summed E-state index contributed by atoms with van der Waals surface area (Å²) in [6, 6.07) is 5.24. The Morgan fingerprint density at radius 3 is 2.10 bits per heavy atom. The molecule has 1 unspecified atom stereocenters. The SMILES string of the molecule is CCc1ccc(S(=O)(=O)NC(C(=O)O)C(C)(C)C)cc1. The molecule has 0 aliphatic carbocycles. The number of nitrogens with one attached hydrogen (secondary N) is 1. The fraction of sp³-hybridized carbons (Fsp3) is 0.500. The summed E-state index contributed by atoms with van der Waals surface area (Å²) >= 11 is 0. The minimum atomic E-state index is -3.84. The summed E-state index contributed by atoms with van der Waals surface area (Å²) in [6.07, 6.45) is 0.813. The van der Waals surface area contributed by atoms with Crippen LogP contribution in [0.4, 0.5) is 0 Å². The summed E-state index contributed by atoms with van der Waals surface area (Å²) in [6.45, 7) is 7.00. The molecule has 1 rings (SSSR count). The predicted molar refractivity (Wildman–Crippen MR) is 77.0 cm³/mol. The number of carboxylic acids is 1. The second-order valence-electron chi connectivity index (χ2n) is 5.76. The number of sulfonamides is 1. The summed E-state index contributed by atoms with van der Waals surface area (Å²) in [5.41, 5.74) is 0.303. The minimum absolute atomic E-state index is 0.0743. The molecule has 6 heteroatoms. The van der Waals surface area contributed by atoms with Gasteiger partial charge in [-0.15, -0.1) is 0 Å². The Bertz CT molecular complexity index is 570. The monoisotopic (exact) mass is 299 g/mol. The number of benzene rings is 1. The summed E-state index contributed by atoms with van der Waals surface area (Å²) in [7, 11) is -3.84. The lowest BCUT2D eigenvalue weighted by Gasteiger charge is -2.27. The van der Waals surface area contributed by atoms with Gasteiger partial charge in [-0.2, -0.15) is 4.72 Å². The van der Waals surface area contributed by atoms with Gasteiger partial charge in [0.15, 0.2) is 0 Å². The maximum atomic E-state index is 12.2. The molecule has 0 saturated heterocycles. The molecule has 1 aromatic rings. The van der Waals surface area contributed by atoms with Crippen molar-refractivity contribution in [1.82, 2.24) is 4.72 Å². The lowest BCUT2D eigenvalue weighted by molar-refractivity contribution is -0.141. The normalized spacial score (nSPS) is 14.0. The summed E-state index contributed by atoms with van der Waals surface area (Å²) in [5.74, 6) is -1.19. The zero-order chi connectivity index (χ0) is 15.6. The van der Waals surface area contributed by atoms with Crippen LogP contribution in [0.15, 0.2) is 29.2 Å². The van der Waals surface area contributed by atoms with Crippen LogP contribution >= 0.6 is 0 Å². The van der Waals surface area contributed by atoms with E-state index in [0.717, 1.165) is 12.0 Å². The smallest absolute Gasteiger partial charge is 0.322 e. The highest BCUT2D eigenvalue weighted by molar-refractivity contribution is 7.89. The number of aryl methyl sites for hydroxylation is 1. The van der Waals surface area contributed by atoms with E-state index < -0.39 is 27.4 Å². The first-order valence-corrected chi connectivity index (χ1v) is 7.90. The molecule has 0 aliphatic heterocycles. The van der Waals surface area contributed by atoms with Crippen molar-refractivity contribution in [2.75, 3.05) is 0 Å². The van der Waals surface area contributed by atoms with Gasteiger partial charge in [0, 0.05) is 0 Å². The Kier molecular flexibility index (Phi) is 4.94. The highest BCUT2D eigenvalue weighted by Gasteiger charge is 2.35. The van der Waals surface area contributed by atoms with E-state index >= 15 is 0 Å². The first kappa shape index (κ1) is 16.7. The van der Waals surface area contributed by atoms with Gasteiger partial charge in [0.2, 0.25) is 10.0 Å². The molecule has 0 radical (unpaired) electrons. The maximum Gasteiger partial charge on any atom is 0.322 e. The Morgan fingerprint density at radius 1 is 1.25 bits per heavy atom. The van der Waals surface area contributed by atoms with Gasteiger partial charge >= 0.3 is 5.97 Å². The van der Waals surface area contributed by atoms with Crippen molar-refractivity contribution in [3.05, 3.63) is 29.8 Å². The van der Waals surface area contributed by atoms with Gasteiger partial charge in [-0.25, -0.2) is 8.42 Å². The van der Waals surface area contributed by atoms with E-state index in [1.54, 1.807) is 32.9 Å². The van der Waals surface area contributed by atoms with Crippen LogP contribution in [-0.2, 0) is 21.2 Å². The number of hydrogen-bond acceptors (Lipinski definition) is 3. The minimum Gasteiger partial charge on any atom is -0.480 e. The Hall–Kier alpha value is -1.40. The third-order valence-electron chi connectivity index (χ3n) is 3.03. The number of aliphatic carboxylic acids is 1. The van der Waals surface area contributed by atoms with Gasteiger partial charge < -0.3 is 5.11 Å². The van der Waals surface area contributed by atoms with Crippen LogP contribution in [0.1, 0.15) is 33.3 Å². The molecule has 0 saturated carbocycles. The van der Waals surface area contributed by atoms with Crippen LogP contribution < -0.4 is 4.72 Å². The topological polar surface area (TPSA) is 83.5 Å². The summed E-state index contributed by atoms with van der Waals surface area (Å²) in [4.78, 5) is 11.3. The van der Waals surface area contributed by atoms with E-state index in [4.69, 9.17) is 0 Å². The largest absolute Gasteiger partial charge is 0.480 e. The van der Waals surface area contributed by atoms with Crippen molar-refractivity contribution < 1.29 is 18.3 Å². The van der Waals surface area contributed by atoms with Crippen LogP contribution in [0.2, 0.25) is 0 Å². The van der Waals surface area contributed by atoms with Crippen LogP contribution in [-0.4, -0.2) is 25.5 Å². The van der Waals surface area contributed by atoms with Crippen molar-refractivity contribution in [3.8, 4) is 0 Å². The Morgan fingerprint density at radius 2 is 1.75 bits per heavy atom. The second-order valence-corrected chi connectivity index (χ2v) is 7.47. The van der Waals surface area contributed by atoms with Crippen molar-refractivity contribution in [1.29, 1.82) is 0 Å². The summed E-state index contributed by atoms with van der Waals surface area (Å²) < 4.78 is 26.7. The number of rotatable bonds is 5. The number of carboxylic acid groups (broad SMARTS) is 1. The fourth-order valence-electron chi connectivity index (χ4n) is 1.73. The van der Waals surface area contributed by atoms with Gasteiger partial charge in [0.05, 0.1) is 4.90 Å². The lowest BCUT2D eigenvalue weighted by atomic mass is 9.88. The van der Waals surface area contributed by atoms with Crippen LogP contribution in [0.3, 0.4) is 0 Å². The average molecular weight is 299 g/mol. The molecule has 112 valence electrons. The molecule has 0 aromatic heterocycles. The van der Waals surface area contributed by atoms with Crippen molar-refractivity contribution in [2.24, 2.45) is 5.41 Å².